The van der Waals surface area contributed by atoms with Crippen molar-refractivity contribution in [3.05, 3.63) is 95.8 Å². The number of alkyl halides is 3. The van der Waals surface area contributed by atoms with Crippen LogP contribution in [0.1, 0.15) is 76.6 Å². The topological polar surface area (TPSA) is 313 Å². The first-order valence-corrected chi connectivity index (χ1v) is 27.8. The normalized spacial score (nSPS) is 13.4. The number of benzene rings is 2. The van der Waals surface area contributed by atoms with Crippen molar-refractivity contribution in [2.75, 3.05) is 90.5 Å². The number of hydrogen-bond acceptors (Lipinski definition) is 15. The van der Waals surface area contributed by atoms with E-state index >= 15 is 4.39 Å². The molecule has 4 rings (SSSR count). The number of nitrogens with two attached hydrogens (primary N) is 1. The minimum atomic E-state index is -5.08. The SMILES string of the molecule is CC(C)(C)[C@H](c1cc(-c2cc(F)ccc2F)cn1Cc1ccccc1)N(CCCN)C(=O)CSC[C@H](CC(=O)[C@H](CCC(=O)O)NC(=O)CCOCCOCCOCCOCCNC(=O)CCN1C(=O)C=CC1=O)C(=O)O.O=C(O)C(F)(F)F. The lowest BCUT2D eigenvalue weighted by molar-refractivity contribution is -0.192. The summed E-state index contributed by atoms with van der Waals surface area (Å²) in [6, 6.07) is 12.6. The third kappa shape index (κ3) is 26.2. The molecule has 7 N–H and O–H groups in total. The fraction of sp³-hybridized carbons (Fsp3) is 0.518. The highest BCUT2D eigenvalue weighted by Gasteiger charge is 2.39. The Morgan fingerprint density at radius 1 is 0.774 bits per heavy atom. The number of nitrogens with zero attached hydrogens (tertiary/aromatic N) is 3. The van der Waals surface area contributed by atoms with Crippen LogP contribution >= 0.6 is 11.8 Å². The summed E-state index contributed by atoms with van der Waals surface area (Å²) in [5, 5.41) is 31.9. The predicted octanol–water partition coefficient (Wildman–Crippen LogP) is 5.01. The zero-order valence-electron chi connectivity index (χ0n) is 46.9. The summed E-state index contributed by atoms with van der Waals surface area (Å²) in [5.41, 5.74) is 7.38. The third-order valence-electron chi connectivity index (χ3n) is 12.3. The molecule has 22 nitrogen and oxygen atoms in total. The Kier molecular flexibility index (Phi) is 31.0. The van der Waals surface area contributed by atoms with Crippen LogP contribution in [-0.2, 0) is 68.6 Å². The summed E-state index contributed by atoms with van der Waals surface area (Å²) in [5.74, 6) is -11.0. The predicted molar refractivity (Wildman–Crippen MR) is 295 cm³/mol. The van der Waals surface area contributed by atoms with Gasteiger partial charge in [0.05, 0.1) is 76.6 Å². The lowest BCUT2D eigenvalue weighted by atomic mass is 9.83. The van der Waals surface area contributed by atoms with E-state index in [1.54, 1.807) is 17.2 Å². The molecule has 84 heavy (non-hydrogen) atoms. The lowest BCUT2D eigenvalue weighted by Crippen LogP contribution is -2.44. The number of hydrogen-bond donors (Lipinski definition) is 6. The van der Waals surface area contributed by atoms with Crippen molar-refractivity contribution in [2.45, 2.75) is 84.1 Å². The fourth-order valence-electron chi connectivity index (χ4n) is 8.24. The van der Waals surface area contributed by atoms with Crippen molar-refractivity contribution in [1.29, 1.82) is 0 Å². The molecule has 3 atom stereocenters. The van der Waals surface area contributed by atoms with Gasteiger partial charge in [0.15, 0.2) is 5.78 Å². The number of thioether (sulfide) groups is 1. The van der Waals surface area contributed by atoms with E-state index in [-0.39, 0.29) is 127 Å². The van der Waals surface area contributed by atoms with Gasteiger partial charge in [-0.1, -0.05) is 51.1 Å². The Labute approximate surface area is 486 Å². The van der Waals surface area contributed by atoms with Crippen LogP contribution in [-0.4, -0.2) is 186 Å². The van der Waals surface area contributed by atoms with Crippen molar-refractivity contribution in [1.82, 2.24) is 25.0 Å². The van der Waals surface area contributed by atoms with Crippen LogP contribution in [0.25, 0.3) is 11.1 Å². The van der Waals surface area contributed by atoms with E-state index in [0.717, 1.165) is 52.6 Å². The summed E-state index contributed by atoms with van der Waals surface area (Å²) >= 11 is 1.01. The summed E-state index contributed by atoms with van der Waals surface area (Å²) in [4.78, 5) is 111. The van der Waals surface area contributed by atoms with Crippen molar-refractivity contribution < 1.29 is 99.4 Å². The fourth-order valence-corrected chi connectivity index (χ4v) is 9.24. The first-order chi connectivity index (χ1) is 39.7. The number of nitrogens with one attached hydrogen (secondary N) is 2. The smallest absolute Gasteiger partial charge is 0.481 e. The van der Waals surface area contributed by atoms with E-state index in [2.05, 4.69) is 10.6 Å². The second kappa shape index (κ2) is 36.6. The van der Waals surface area contributed by atoms with E-state index in [9.17, 15) is 66.1 Å². The molecule has 0 saturated carbocycles. The van der Waals surface area contributed by atoms with Gasteiger partial charge < -0.3 is 60.1 Å². The molecule has 1 aliphatic rings. The third-order valence-corrected chi connectivity index (χ3v) is 13.4. The Bertz CT molecular complexity index is 2670. The van der Waals surface area contributed by atoms with Gasteiger partial charge in [0.25, 0.3) is 11.8 Å². The van der Waals surface area contributed by atoms with Gasteiger partial charge in [-0.15, -0.1) is 0 Å². The van der Waals surface area contributed by atoms with Gasteiger partial charge in [0.2, 0.25) is 17.7 Å². The van der Waals surface area contributed by atoms with Gasteiger partial charge in [-0.3, -0.25) is 43.3 Å². The highest BCUT2D eigenvalue weighted by molar-refractivity contribution is 7.99. The first-order valence-electron chi connectivity index (χ1n) is 26.7. The molecular formula is C56H73F5N6O16S. The Morgan fingerprint density at radius 3 is 1.93 bits per heavy atom. The zero-order valence-corrected chi connectivity index (χ0v) is 47.7. The lowest BCUT2D eigenvalue weighted by Gasteiger charge is -2.41. The second-order valence-corrected chi connectivity index (χ2v) is 21.0. The van der Waals surface area contributed by atoms with Crippen LogP contribution in [0.3, 0.4) is 0 Å². The quantitative estimate of drug-likeness (QED) is 0.0249. The molecule has 0 radical (unpaired) electrons. The number of carbonyl (C=O) groups excluding carboxylic acids is 6. The van der Waals surface area contributed by atoms with Gasteiger partial charge in [-0.05, 0) is 54.6 Å². The number of carboxylic acid groups (broad SMARTS) is 3. The molecule has 2 aromatic carbocycles. The van der Waals surface area contributed by atoms with Crippen LogP contribution in [0.2, 0.25) is 0 Å². The van der Waals surface area contributed by atoms with Crippen LogP contribution in [0.4, 0.5) is 22.0 Å². The molecule has 0 bridgehead atoms. The van der Waals surface area contributed by atoms with Crippen molar-refractivity contribution in [3.63, 3.8) is 0 Å². The number of halogens is 5. The van der Waals surface area contributed by atoms with E-state index in [1.165, 1.54) is 0 Å². The van der Waals surface area contributed by atoms with E-state index in [0.29, 0.717) is 24.2 Å². The molecule has 464 valence electrons. The Hall–Kier alpha value is -7.11. The molecule has 3 aromatic rings. The maximum Gasteiger partial charge on any atom is 0.490 e. The molecule has 0 saturated heterocycles. The largest absolute Gasteiger partial charge is 0.490 e. The van der Waals surface area contributed by atoms with Crippen LogP contribution < -0.4 is 16.4 Å². The minimum absolute atomic E-state index is 0.00175. The molecule has 0 spiro atoms. The highest BCUT2D eigenvalue weighted by atomic mass is 32.2. The second-order valence-electron chi connectivity index (χ2n) is 19.9. The van der Waals surface area contributed by atoms with E-state index in [4.69, 9.17) is 34.6 Å². The van der Waals surface area contributed by atoms with Crippen molar-refractivity contribution in [2.24, 2.45) is 17.1 Å². The molecule has 0 aliphatic carbocycles. The maximum atomic E-state index is 15.2. The van der Waals surface area contributed by atoms with Crippen LogP contribution in [0, 0.1) is 23.0 Å². The van der Waals surface area contributed by atoms with Crippen LogP contribution in [0.15, 0.2) is 72.9 Å². The first kappa shape index (κ1) is 71.2. The van der Waals surface area contributed by atoms with Gasteiger partial charge in [0, 0.05) is 92.8 Å². The molecule has 0 fully saturated rings. The van der Waals surface area contributed by atoms with Gasteiger partial charge in [-0.25, -0.2) is 13.6 Å². The number of Topliss-reactive ketones (excluding diaryl/α,β-unsaturated/α-hetero) is 1. The number of ketones is 1. The maximum absolute atomic E-state index is 15.2. The number of aromatic nitrogens is 1. The number of imide groups is 1. The summed E-state index contributed by atoms with van der Waals surface area (Å²) in [6.07, 6.45) is -2.11. The molecule has 28 heteroatoms. The molecule has 1 aromatic heterocycles. The molecule has 5 amide bonds. The summed E-state index contributed by atoms with van der Waals surface area (Å²) in [6.45, 7) is 8.50. The molecule has 2 heterocycles. The van der Waals surface area contributed by atoms with Crippen LogP contribution in [0.5, 0.6) is 0 Å². The van der Waals surface area contributed by atoms with E-state index in [1.807, 2.05) is 55.7 Å². The number of ether oxygens (including phenoxy) is 4. The summed E-state index contributed by atoms with van der Waals surface area (Å²) < 4.78 is 85.1. The molecular weight excluding hydrogens is 1140 g/mol. The number of aliphatic carboxylic acids is 3. The van der Waals surface area contributed by atoms with Crippen molar-refractivity contribution in [3.8, 4) is 11.1 Å². The van der Waals surface area contributed by atoms with Gasteiger partial charge >= 0.3 is 24.1 Å². The number of amides is 5. The Morgan fingerprint density at radius 2 is 1.37 bits per heavy atom. The average Bonchev–Trinajstić information content (AvgIpc) is 2.62. The van der Waals surface area contributed by atoms with Gasteiger partial charge in [-0.2, -0.15) is 24.9 Å². The zero-order chi connectivity index (χ0) is 62.4. The number of carbonyl (C=O) groups is 9. The van der Waals surface area contributed by atoms with E-state index < -0.39 is 95.5 Å². The van der Waals surface area contributed by atoms with Gasteiger partial charge in [0.1, 0.15) is 11.6 Å². The minimum Gasteiger partial charge on any atom is -0.481 e. The molecule has 0 unspecified atom stereocenters. The van der Waals surface area contributed by atoms with Crippen molar-refractivity contribution >= 4 is 65.0 Å². The highest BCUT2D eigenvalue weighted by Crippen LogP contribution is 2.41. The molecule has 1 aliphatic heterocycles. The average molecular weight is 1210 g/mol. The number of carboxylic acids is 3. The summed E-state index contributed by atoms with van der Waals surface area (Å²) in [7, 11) is 0. The monoisotopic (exact) mass is 1210 g/mol. The number of rotatable bonds is 38. The standard InChI is InChI=1S/C54H72F2N6O14S.C2HF3O2/c1-54(2,3)52(44-30-38(41-32-40(55)10-11-42(41)56)34-60(44)33-37-8-5-4-6-9-37)62(20-7-18-57)50(68)36-77-35-39(53(71)72)31-45(63)43(12-15-51(69)70)59-47(65)17-22-73-24-26-75-28-29-76-27-25-74-23-19-58-46(64)16-21-61-48(66)13-14-49(61)67;3-2(4,5)1(6)7/h4-6,8-11,13-14,30,32,34,39,43,52H,7,12,15-29,31,33,35-36,57H2,1-3H3,(H,58,64)(H,59,65)(H,69,70)(H,71,72);(H,6,7)/t39-,43-,52-;/m0./s1. The Balaban J connectivity index is 0.00000247.